The fraction of sp³-hybridized carbons (Fsp3) is 0.238. The molecule has 0 aliphatic carbocycles. The predicted octanol–water partition coefficient (Wildman–Crippen LogP) is 3.79. The fourth-order valence-electron chi connectivity index (χ4n) is 3.05. The molecule has 7 heteroatoms. The second-order valence-electron chi connectivity index (χ2n) is 6.15. The van der Waals surface area contributed by atoms with Crippen LogP contribution in [-0.2, 0) is 11.3 Å². The van der Waals surface area contributed by atoms with E-state index in [9.17, 15) is 4.91 Å². The van der Waals surface area contributed by atoms with Crippen LogP contribution in [0.5, 0.6) is 0 Å². The maximum absolute atomic E-state index is 10.8. The Kier molecular flexibility index (Phi) is 6.29. The van der Waals surface area contributed by atoms with Gasteiger partial charge in [0.2, 0.25) is 0 Å². The Morgan fingerprint density at radius 1 is 1.29 bits per heavy atom. The summed E-state index contributed by atoms with van der Waals surface area (Å²) in [6.45, 7) is 5.65. The fourth-order valence-corrected chi connectivity index (χ4v) is 3.05. The zero-order valence-corrected chi connectivity index (χ0v) is 16.1. The minimum atomic E-state index is 0.377. The summed E-state index contributed by atoms with van der Waals surface area (Å²) in [6.07, 6.45) is 3.69. The Labute approximate surface area is 163 Å². The van der Waals surface area contributed by atoms with Gasteiger partial charge in [-0.1, -0.05) is 12.1 Å². The van der Waals surface area contributed by atoms with Crippen LogP contribution in [0.4, 0.5) is 5.69 Å². The van der Waals surface area contributed by atoms with Gasteiger partial charge in [-0.3, -0.25) is 4.98 Å². The standard InChI is InChI=1S/C21H23N5O2/c1-3-21(28-4-2)20-14-19(24-26(20)11-9-22)16-8-10-23-18(13-16)15-6-5-7-17(12-15)25-27/h3,5-8,10,12-14H,4,9,11,22H2,1-2H3/p+1/b21-3+. The van der Waals surface area contributed by atoms with Crippen LogP contribution in [-0.4, -0.2) is 23.2 Å². The molecule has 2 heterocycles. The van der Waals surface area contributed by atoms with Gasteiger partial charge in [-0.25, -0.2) is 0 Å². The number of nitrogens with two attached hydrogens (primary N) is 1. The molecule has 0 aliphatic rings. The molecule has 7 nitrogen and oxygen atoms in total. The first-order valence-electron chi connectivity index (χ1n) is 9.22. The van der Waals surface area contributed by atoms with Crippen molar-refractivity contribution in [2.75, 3.05) is 13.2 Å². The number of pyridine rings is 1. The number of H-pyrrole nitrogens is 1. The number of allylic oxidation sites excluding steroid dienone is 1. The van der Waals surface area contributed by atoms with E-state index in [2.05, 4.69) is 15.3 Å². The molecule has 2 aromatic heterocycles. The molecule has 28 heavy (non-hydrogen) atoms. The molecule has 1 aromatic carbocycles. The van der Waals surface area contributed by atoms with Crippen LogP contribution in [0.15, 0.2) is 59.9 Å². The zero-order chi connectivity index (χ0) is 19.9. The number of hydrogen-bond donors (Lipinski definition) is 2. The smallest absolute Gasteiger partial charge is 0.273 e. The molecule has 3 N–H and O–H groups in total. The number of ether oxygens (including phenoxy) is 1. The van der Waals surface area contributed by atoms with Crippen LogP contribution in [0.2, 0.25) is 0 Å². The first kappa shape index (κ1) is 19.4. The summed E-state index contributed by atoms with van der Waals surface area (Å²) in [5, 5.41) is 6.39. The van der Waals surface area contributed by atoms with Gasteiger partial charge in [-0.2, -0.15) is 5.10 Å². The second-order valence-corrected chi connectivity index (χ2v) is 6.15. The quantitative estimate of drug-likeness (QED) is 0.354. The van der Waals surface area contributed by atoms with Gasteiger partial charge in [0.1, 0.15) is 11.4 Å². The molecule has 144 valence electrons. The number of aromatic nitrogens is 3. The topological polar surface area (TPSA) is 97.2 Å². The van der Waals surface area contributed by atoms with Crippen molar-refractivity contribution in [2.24, 2.45) is 10.9 Å². The molecule has 0 atom stereocenters. The summed E-state index contributed by atoms with van der Waals surface area (Å²) >= 11 is 0. The summed E-state index contributed by atoms with van der Waals surface area (Å²) in [7, 11) is 0. The first-order chi connectivity index (χ1) is 13.7. The van der Waals surface area contributed by atoms with E-state index in [1.807, 2.05) is 48.9 Å². The molecule has 0 bridgehead atoms. The lowest BCUT2D eigenvalue weighted by Crippen LogP contribution is -2.42. The van der Waals surface area contributed by atoms with Gasteiger partial charge in [0, 0.05) is 23.4 Å². The Morgan fingerprint density at radius 3 is 2.86 bits per heavy atom. The summed E-state index contributed by atoms with van der Waals surface area (Å²) in [5.41, 5.74) is 10.6. The highest BCUT2D eigenvalue weighted by atomic mass is 16.5. The SMILES string of the molecule is C/C=C(/OCC)c1cc(-c2ccnc(-c3cccc(N=O)c3)c2)[nH][n+]1CCN. The monoisotopic (exact) mass is 378 g/mol. The van der Waals surface area contributed by atoms with Crippen molar-refractivity contribution in [3.8, 4) is 22.5 Å². The number of rotatable bonds is 8. The van der Waals surface area contributed by atoms with Crippen LogP contribution in [0.25, 0.3) is 28.3 Å². The van der Waals surface area contributed by atoms with Crippen molar-refractivity contribution < 1.29 is 9.42 Å². The van der Waals surface area contributed by atoms with Crippen LogP contribution in [0.3, 0.4) is 0 Å². The van der Waals surface area contributed by atoms with Gasteiger partial charge in [0.25, 0.3) is 5.69 Å². The Morgan fingerprint density at radius 2 is 2.14 bits per heavy atom. The molecule has 0 saturated carbocycles. The van der Waals surface area contributed by atoms with Gasteiger partial charge in [0.05, 0.1) is 18.8 Å². The Balaban J connectivity index is 2.03. The van der Waals surface area contributed by atoms with Crippen LogP contribution >= 0.6 is 0 Å². The summed E-state index contributed by atoms with van der Waals surface area (Å²) < 4.78 is 7.74. The molecule has 0 fully saturated rings. The van der Waals surface area contributed by atoms with E-state index in [1.165, 1.54) is 0 Å². The first-order valence-corrected chi connectivity index (χ1v) is 9.22. The average molecular weight is 378 g/mol. The highest BCUT2D eigenvalue weighted by molar-refractivity contribution is 5.71. The van der Waals surface area contributed by atoms with Crippen LogP contribution in [0, 0.1) is 4.91 Å². The molecule has 0 amide bonds. The second kappa shape index (κ2) is 9.05. The van der Waals surface area contributed by atoms with E-state index in [0.29, 0.717) is 25.4 Å². The lowest BCUT2D eigenvalue weighted by molar-refractivity contribution is -0.749. The van der Waals surface area contributed by atoms with Crippen molar-refractivity contribution in [3.63, 3.8) is 0 Å². The molecular formula is C21H24N5O2+. The normalized spacial score (nSPS) is 11.5. The number of benzene rings is 1. The van der Waals surface area contributed by atoms with Crippen LogP contribution < -0.4 is 10.4 Å². The molecule has 3 aromatic rings. The van der Waals surface area contributed by atoms with Crippen molar-refractivity contribution in [1.82, 2.24) is 10.1 Å². The Hall–Kier alpha value is -3.32. The van der Waals surface area contributed by atoms with Crippen molar-refractivity contribution in [2.45, 2.75) is 20.4 Å². The maximum Gasteiger partial charge on any atom is 0.273 e. The molecule has 0 aliphatic heterocycles. The third-order valence-corrected chi connectivity index (χ3v) is 4.31. The van der Waals surface area contributed by atoms with E-state index in [1.54, 1.807) is 24.4 Å². The number of aromatic amines is 1. The number of nitroso groups, excluding NO2 is 1. The third-order valence-electron chi connectivity index (χ3n) is 4.31. The number of hydrogen-bond acceptors (Lipinski definition) is 5. The van der Waals surface area contributed by atoms with Gasteiger partial charge >= 0.3 is 0 Å². The highest BCUT2D eigenvalue weighted by Gasteiger charge is 2.21. The number of nitrogens with one attached hydrogen (secondary N) is 1. The molecule has 0 spiro atoms. The molecular weight excluding hydrogens is 354 g/mol. The maximum atomic E-state index is 10.8. The summed E-state index contributed by atoms with van der Waals surface area (Å²) in [6, 6.07) is 13.0. The van der Waals surface area contributed by atoms with E-state index in [4.69, 9.17) is 10.5 Å². The molecule has 3 rings (SSSR count). The number of nitrogens with zero attached hydrogens (tertiary/aromatic N) is 3. The van der Waals surface area contributed by atoms with Gasteiger partial charge < -0.3 is 10.5 Å². The molecule has 0 radical (unpaired) electrons. The van der Waals surface area contributed by atoms with E-state index < -0.39 is 0 Å². The summed E-state index contributed by atoms with van der Waals surface area (Å²) in [4.78, 5) is 15.3. The van der Waals surface area contributed by atoms with Crippen molar-refractivity contribution in [1.29, 1.82) is 0 Å². The average Bonchev–Trinajstić information content (AvgIpc) is 3.16. The van der Waals surface area contributed by atoms with E-state index in [0.717, 1.165) is 34.0 Å². The van der Waals surface area contributed by atoms with E-state index in [-0.39, 0.29) is 0 Å². The highest BCUT2D eigenvalue weighted by Crippen LogP contribution is 2.27. The molecule has 0 saturated heterocycles. The van der Waals surface area contributed by atoms with Crippen molar-refractivity contribution >= 4 is 11.4 Å². The Bertz CT molecular complexity index is 994. The zero-order valence-electron chi connectivity index (χ0n) is 16.1. The van der Waals surface area contributed by atoms with E-state index >= 15 is 0 Å². The lowest BCUT2D eigenvalue weighted by Gasteiger charge is -2.03. The summed E-state index contributed by atoms with van der Waals surface area (Å²) in [5.74, 6) is 0.803. The van der Waals surface area contributed by atoms with Gasteiger partial charge in [0.15, 0.2) is 12.3 Å². The van der Waals surface area contributed by atoms with Crippen LogP contribution in [0.1, 0.15) is 19.5 Å². The largest absolute Gasteiger partial charge is 0.487 e. The molecule has 0 unspecified atom stereocenters. The van der Waals surface area contributed by atoms with Gasteiger partial charge in [-0.15, -0.1) is 9.59 Å². The lowest BCUT2D eigenvalue weighted by atomic mass is 10.1. The van der Waals surface area contributed by atoms with Gasteiger partial charge in [-0.05, 0) is 49.4 Å². The predicted molar refractivity (Wildman–Crippen MR) is 109 cm³/mol. The minimum absolute atomic E-state index is 0.377. The van der Waals surface area contributed by atoms with Crippen molar-refractivity contribution in [3.05, 3.63) is 65.3 Å². The third kappa shape index (κ3) is 4.15. The minimum Gasteiger partial charge on any atom is -0.487 e.